The van der Waals surface area contributed by atoms with E-state index in [0.29, 0.717) is 17.7 Å². The van der Waals surface area contributed by atoms with Gasteiger partial charge in [0.15, 0.2) is 11.4 Å². The summed E-state index contributed by atoms with van der Waals surface area (Å²) in [7, 11) is 8.59. The summed E-state index contributed by atoms with van der Waals surface area (Å²) in [6.07, 6.45) is 0.576. The molecule has 1 aromatic rings. The van der Waals surface area contributed by atoms with Crippen LogP contribution in [-0.2, 0) is 20.8 Å². The lowest BCUT2D eigenvalue weighted by Gasteiger charge is -2.50. The van der Waals surface area contributed by atoms with Gasteiger partial charge in [0, 0.05) is 43.9 Å². The fourth-order valence-electron chi connectivity index (χ4n) is 5.94. The van der Waals surface area contributed by atoms with Gasteiger partial charge in [0.05, 0.1) is 11.7 Å². The van der Waals surface area contributed by atoms with Crippen LogP contribution in [0.15, 0.2) is 29.0 Å². The van der Waals surface area contributed by atoms with Gasteiger partial charge in [0.2, 0.25) is 5.78 Å². The number of nitrogens with two attached hydrogens (primary N) is 1. The fourth-order valence-corrected chi connectivity index (χ4v) is 5.94. The normalized spacial score (nSPS) is 28.5. The minimum atomic E-state index is -2.51. The first kappa shape index (κ1) is 23.8. The van der Waals surface area contributed by atoms with Crippen molar-refractivity contribution >= 4 is 28.9 Å². The van der Waals surface area contributed by atoms with Crippen LogP contribution in [0.2, 0.25) is 0 Å². The van der Waals surface area contributed by atoms with Crippen molar-refractivity contribution in [2.45, 2.75) is 24.5 Å². The van der Waals surface area contributed by atoms with Crippen LogP contribution in [-0.4, -0.2) is 84.6 Å². The Morgan fingerprint density at radius 2 is 1.82 bits per heavy atom. The molecule has 1 fully saturated rings. The van der Waals surface area contributed by atoms with Gasteiger partial charge in [0.1, 0.15) is 17.1 Å². The highest BCUT2D eigenvalue weighted by molar-refractivity contribution is 6.24. The van der Waals surface area contributed by atoms with Crippen LogP contribution < -0.4 is 16.0 Å². The second-order valence-corrected chi connectivity index (χ2v) is 9.59. The Labute approximate surface area is 197 Å². The van der Waals surface area contributed by atoms with Crippen molar-refractivity contribution in [2.75, 3.05) is 40.1 Å². The van der Waals surface area contributed by atoms with Gasteiger partial charge in [-0.25, -0.2) is 0 Å². The number of amides is 1. The quantitative estimate of drug-likeness (QED) is 0.373. The molecule has 10 heteroatoms. The Bertz CT molecular complexity index is 1180. The van der Waals surface area contributed by atoms with Crippen LogP contribution in [0.1, 0.15) is 17.5 Å². The van der Waals surface area contributed by atoms with E-state index in [9.17, 15) is 29.7 Å². The summed E-state index contributed by atoms with van der Waals surface area (Å²) in [5, 5.41) is 36.4. The molecule has 0 bridgehead atoms. The zero-order valence-electron chi connectivity index (χ0n) is 19.8. The molecule has 182 valence electrons. The number of benzene rings is 1. The number of hydrogen-bond donors (Lipinski definition) is 5. The highest BCUT2D eigenvalue weighted by Gasteiger charge is 2.64. The predicted molar refractivity (Wildman–Crippen MR) is 125 cm³/mol. The third-order valence-corrected chi connectivity index (χ3v) is 7.34. The molecule has 3 aliphatic carbocycles. The van der Waals surface area contributed by atoms with Crippen LogP contribution in [0.25, 0.3) is 5.70 Å². The van der Waals surface area contributed by atoms with Crippen molar-refractivity contribution in [3.8, 4) is 5.75 Å². The van der Waals surface area contributed by atoms with Gasteiger partial charge in [-0.05, 0) is 50.6 Å². The van der Waals surface area contributed by atoms with Crippen molar-refractivity contribution in [2.24, 2.45) is 17.6 Å². The molecule has 0 radical (unpaired) electrons. The van der Waals surface area contributed by atoms with E-state index >= 15 is 0 Å². The first-order chi connectivity index (χ1) is 15.9. The summed E-state index contributed by atoms with van der Waals surface area (Å²) in [6.45, 7) is 0. The Balaban J connectivity index is 2.02. The first-order valence-electron chi connectivity index (χ1n) is 11.0. The van der Waals surface area contributed by atoms with Gasteiger partial charge in [-0.2, -0.15) is 0 Å². The molecular formula is C24H30N4O6. The Kier molecular flexibility index (Phi) is 5.49. The lowest BCUT2D eigenvalue weighted by atomic mass is 9.57. The molecule has 0 saturated heterocycles. The smallest absolute Gasteiger partial charge is 0.255 e. The van der Waals surface area contributed by atoms with Gasteiger partial charge >= 0.3 is 0 Å². The molecule has 4 rings (SSSR count). The number of fused-ring (bicyclic) bond motifs is 3. The van der Waals surface area contributed by atoms with Crippen LogP contribution in [0.5, 0.6) is 5.75 Å². The van der Waals surface area contributed by atoms with Crippen molar-refractivity contribution in [1.82, 2.24) is 10.2 Å². The first-order valence-corrected chi connectivity index (χ1v) is 11.0. The Morgan fingerprint density at radius 1 is 1.18 bits per heavy atom. The summed E-state index contributed by atoms with van der Waals surface area (Å²) in [4.78, 5) is 42.6. The zero-order valence-corrected chi connectivity index (χ0v) is 19.8. The molecule has 1 aromatic carbocycles. The number of aromatic hydroxyl groups is 1. The van der Waals surface area contributed by atoms with E-state index in [1.54, 1.807) is 33.3 Å². The van der Waals surface area contributed by atoms with E-state index in [1.165, 1.54) is 4.90 Å². The van der Waals surface area contributed by atoms with E-state index < -0.39 is 52.3 Å². The molecule has 0 heterocycles. The van der Waals surface area contributed by atoms with E-state index in [0.717, 1.165) is 11.3 Å². The van der Waals surface area contributed by atoms with Gasteiger partial charge in [-0.1, -0.05) is 0 Å². The highest BCUT2D eigenvalue weighted by Crippen LogP contribution is 2.53. The SMILES string of the molecule is CNC1=C2C(=O)[C@]3(O)C(O)=C(C(N)=O)C(=O)[C@@H](N(C)C)[C@@H]3C[C@@H]2Cc2c(N(C)C)ccc(O)c21. The van der Waals surface area contributed by atoms with Crippen molar-refractivity contribution in [3.05, 3.63) is 40.2 Å². The number of ketones is 2. The topological polar surface area (TPSA) is 156 Å². The van der Waals surface area contributed by atoms with E-state index in [2.05, 4.69) is 5.32 Å². The molecule has 10 nitrogen and oxygen atoms in total. The molecule has 1 saturated carbocycles. The van der Waals surface area contributed by atoms with Gasteiger partial charge in [-0.15, -0.1) is 0 Å². The van der Waals surface area contributed by atoms with Crippen LogP contribution in [0.3, 0.4) is 0 Å². The summed E-state index contributed by atoms with van der Waals surface area (Å²) in [5.41, 5.74) is 4.81. The van der Waals surface area contributed by atoms with Crippen LogP contribution in [0.4, 0.5) is 5.69 Å². The zero-order chi connectivity index (χ0) is 25.3. The number of nitrogens with one attached hydrogen (secondary N) is 1. The Morgan fingerprint density at radius 3 is 2.35 bits per heavy atom. The molecule has 0 aliphatic heterocycles. The second kappa shape index (κ2) is 7.85. The average molecular weight is 471 g/mol. The van der Waals surface area contributed by atoms with E-state index in [1.807, 2.05) is 19.0 Å². The molecule has 0 unspecified atom stereocenters. The maximum atomic E-state index is 14.0. The van der Waals surface area contributed by atoms with Gasteiger partial charge in [0.25, 0.3) is 5.91 Å². The summed E-state index contributed by atoms with van der Waals surface area (Å²) < 4.78 is 0. The number of hydrogen-bond acceptors (Lipinski definition) is 9. The number of primary amides is 1. The molecule has 1 amide bonds. The minimum Gasteiger partial charge on any atom is -0.508 e. The average Bonchev–Trinajstić information content (AvgIpc) is 2.74. The fraction of sp³-hybridized carbons (Fsp3) is 0.458. The number of carbonyl (C=O) groups is 3. The molecule has 3 aliphatic rings. The van der Waals surface area contributed by atoms with Crippen molar-refractivity contribution in [1.29, 1.82) is 0 Å². The second-order valence-electron chi connectivity index (χ2n) is 9.59. The highest BCUT2D eigenvalue weighted by atomic mass is 16.3. The van der Waals surface area contributed by atoms with Gasteiger partial charge < -0.3 is 31.3 Å². The maximum absolute atomic E-state index is 14.0. The number of aliphatic hydroxyl groups is 2. The maximum Gasteiger partial charge on any atom is 0.255 e. The van der Waals surface area contributed by atoms with Crippen LogP contribution in [0, 0.1) is 11.8 Å². The number of phenolic OH excluding ortho intramolecular Hbond substituents is 1. The molecular weight excluding hydrogens is 440 g/mol. The molecule has 4 atom stereocenters. The third kappa shape index (κ3) is 2.98. The standard InChI is InChI=1S/C24H30N4O6/c1-26-18-15-10(8-11-13(27(2)3)6-7-14(29)16(11)18)9-12-19(28(4)5)20(30)17(23(25)33)22(32)24(12,34)21(15)31/h6-7,10,12,19,26,29,32,34H,8-9H2,1-5H3,(H2,25,33)/t10-,12-,19-,24-/m0/s1. The molecule has 34 heavy (non-hydrogen) atoms. The number of anilines is 1. The lowest BCUT2D eigenvalue weighted by molar-refractivity contribution is -0.153. The van der Waals surface area contributed by atoms with E-state index in [4.69, 9.17) is 5.73 Å². The molecule has 0 spiro atoms. The van der Waals surface area contributed by atoms with Crippen molar-refractivity contribution < 1.29 is 29.7 Å². The van der Waals surface area contributed by atoms with Gasteiger partial charge in [-0.3, -0.25) is 19.3 Å². The molecule has 0 aromatic heterocycles. The number of nitrogens with zero attached hydrogens (tertiary/aromatic N) is 2. The predicted octanol–water partition coefficient (Wildman–Crippen LogP) is -0.309. The van der Waals surface area contributed by atoms with Crippen molar-refractivity contribution in [3.63, 3.8) is 0 Å². The number of phenols is 1. The number of rotatable bonds is 4. The largest absolute Gasteiger partial charge is 0.508 e. The summed E-state index contributed by atoms with van der Waals surface area (Å²) in [5.74, 6) is -5.17. The molecule has 6 N–H and O–H groups in total. The monoisotopic (exact) mass is 470 g/mol. The number of aliphatic hydroxyl groups excluding tert-OH is 1. The third-order valence-electron chi connectivity index (χ3n) is 7.34. The van der Waals surface area contributed by atoms with Crippen LogP contribution >= 0.6 is 0 Å². The summed E-state index contributed by atoms with van der Waals surface area (Å²) in [6, 6.07) is 2.31. The number of Topliss-reactive ketones (excluding diaryl/α,β-unsaturated/α-hetero) is 2. The minimum absolute atomic E-state index is 0.0274. The lowest BCUT2D eigenvalue weighted by Crippen LogP contribution is -2.65. The summed E-state index contributed by atoms with van der Waals surface area (Å²) >= 11 is 0. The number of carbonyl (C=O) groups excluding carboxylic acids is 3. The number of likely N-dealkylation sites (N-methyl/N-ethyl adjacent to an activating group) is 1. The Hall–Kier alpha value is -3.37. The van der Waals surface area contributed by atoms with E-state index in [-0.39, 0.29) is 17.7 Å².